The van der Waals surface area contributed by atoms with E-state index in [1.54, 1.807) is 0 Å². The number of rotatable bonds is 34. The monoisotopic (exact) mass is 562 g/mol. The van der Waals surface area contributed by atoms with Crippen molar-refractivity contribution in [3.8, 4) is 0 Å². The lowest BCUT2D eigenvalue weighted by Gasteiger charge is -2.16. The van der Waals surface area contributed by atoms with Crippen LogP contribution in [0.25, 0.3) is 0 Å². The summed E-state index contributed by atoms with van der Waals surface area (Å²) in [6.07, 6.45) is 46.7. The smallest absolute Gasteiger partial charge is 0.0593 e. The molecule has 0 amide bonds. The second-order valence-corrected chi connectivity index (χ2v) is 12.4. The van der Waals surface area contributed by atoms with Crippen molar-refractivity contribution in [2.75, 3.05) is 33.4 Å². The molecule has 0 aromatic heterocycles. The molecule has 2 nitrogen and oxygen atoms in total. The Labute approximate surface area is 254 Å². The minimum absolute atomic E-state index is 0.899. The topological polar surface area (TPSA) is 12.5 Å². The van der Waals surface area contributed by atoms with Crippen LogP contribution in [0, 0.1) is 0 Å². The Morgan fingerprint density at radius 1 is 0.375 bits per heavy atom. The first-order chi connectivity index (χ1) is 19.8. The summed E-state index contributed by atoms with van der Waals surface area (Å²) in [7, 11) is 2.26. The summed E-state index contributed by atoms with van der Waals surface area (Å²) in [6, 6.07) is 0. The van der Waals surface area contributed by atoms with Crippen LogP contribution in [0.2, 0.25) is 0 Å². The molecular weight excluding hydrogens is 486 g/mol. The van der Waals surface area contributed by atoms with E-state index in [2.05, 4.69) is 50.1 Å². The minimum atomic E-state index is 0.899. The maximum absolute atomic E-state index is 5.89. The van der Waals surface area contributed by atoms with E-state index in [1.165, 1.54) is 180 Å². The highest BCUT2D eigenvalue weighted by atomic mass is 16.5. The first kappa shape index (κ1) is 39.4. The Morgan fingerprint density at radius 3 is 1.15 bits per heavy atom. The fourth-order valence-corrected chi connectivity index (χ4v) is 5.34. The van der Waals surface area contributed by atoms with Crippen LogP contribution in [0.5, 0.6) is 0 Å². The van der Waals surface area contributed by atoms with E-state index < -0.39 is 0 Å². The molecule has 0 aliphatic rings. The molecule has 0 fully saturated rings. The van der Waals surface area contributed by atoms with Gasteiger partial charge in [0.15, 0.2) is 0 Å². The van der Waals surface area contributed by atoms with Crippen LogP contribution in [0.1, 0.15) is 187 Å². The Balaban J connectivity index is 3.20. The minimum Gasteiger partial charge on any atom is -0.380 e. The molecule has 0 aliphatic carbocycles. The molecule has 0 spiro atoms. The van der Waals surface area contributed by atoms with Crippen LogP contribution < -0.4 is 0 Å². The zero-order valence-corrected chi connectivity index (χ0v) is 28.1. The van der Waals surface area contributed by atoms with Crippen LogP contribution >= 0.6 is 0 Å². The highest BCUT2D eigenvalue weighted by Gasteiger charge is 1.99. The van der Waals surface area contributed by atoms with Crippen molar-refractivity contribution in [1.29, 1.82) is 0 Å². The van der Waals surface area contributed by atoms with Gasteiger partial charge in [0.1, 0.15) is 0 Å². The molecule has 0 saturated heterocycles. The van der Waals surface area contributed by atoms with E-state index >= 15 is 0 Å². The van der Waals surface area contributed by atoms with Gasteiger partial charge in [-0.2, -0.15) is 0 Å². The normalized spacial score (nSPS) is 12.1. The van der Waals surface area contributed by atoms with E-state index in [0.29, 0.717) is 0 Å². The third-order valence-electron chi connectivity index (χ3n) is 8.22. The number of nitrogens with zero attached hydrogens (tertiary/aromatic N) is 1. The molecule has 0 unspecified atom stereocenters. The van der Waals surface area contributed by atoms with Crippen molar-refractivity contribution in [1.82, 2.24) is 4.90 Å². The summed E-state index contributed by atoms with van der Waals surface area (Å²) < 4.78 is 5.89. The number of likely N-dealkylation sites (N-methyl/N-ethyl adjacent to an activating group) is 1. The van der Waals surface area contributed by atoms with Gasteiger partial charge in [-0.1, -0.05) is 147 Å². The summed E-state index contributed by atoms with van der Waals surface area (Å²) in [4.78, 5) is 2.46. The summed E-state index contributed by atoms with van der Waals surface area (Å²) in [5.74, 6) is 0. The molecular formula is C38H75NO. The second-order valence-electron chi connectivity index (χ2n) is 12.4. The third kappa shape index (κ3) is 35.4. The summed E-state index contributed by atoms with van der Waals surface area (Å²) >= 11 is 0. The van der Waals surface area contributed by atoms with Crippen LogP contribution in [0.3, 0.4) is 0 Å². The van der Waals surface area contributed by atoms with Gasteiger partial charge < -0.3 is 9.64 Å². The van der Waals surface area contributed by atoms with Crippen molar-refractivity contribution in [3.05, 3.63) is 24.3 Å². The molecule has 0 rings (SSSR count). The van der Waals surface area contributed by atoms with Gasteiger partial charge in [0.05, 0.1) is 6.61 Å². The van der Waals surface area contributed by atoms with E-state index in [9.17, 15) is 0 Å². The molecule has 0 aromatic carbocycles. The van der Waals surface area contributed by atoms with Crippen molar-refractivity contribution in [2.24, 2.45) is 0 Å². The number of hydrogen-bond acceptors (Lipinski definition) is 2. The first-order valence-corrected chi connectivity index (χ1v) is 18.4. The SMILES string of the molecule is CCCCCC/C=C\CCCCCCCCCCCN(C)CCOCCCCCCCC/C=C\CCCCCC. The molecule has 2 heteroatoms. The molecule has 0 N–H and O–H groups in total. The molecule has 0 saturated carbocycles. The Morgan fingerprint density at radius 2 is 0.725 bits per heavy atom. The molecule has 40 heavy (non-hydrogen) atoms. The molecule has 238 valence electrons. The van der Waals surface area contributed by atoms with E-state index in [4.69, 9.17) is 4.74 Å². The van der Waals surface area contributed by atoms with Crippen LogP contribution in [-0.4, -0.2) is 38.3 Å². The van der Waals surface area contributed by atoms with Crippen LogP contribution in [-0.2, 0) is 4.74 Å². The van der Waals surface area contributed by atoms with Crippen LogP contribution in [0.4, 0.5) is 0 Å². The van der Waals surface area contributed by atoms with Crippen molar-refractivity contribution in [3.63, 3.8) is 0 Å². The Hall–Kier alpha value is -0.600. The number of ether oxygens (including phenoxy) is 1. The second kappa shape index (κ2) is 36.4. The standard InChI is InChI=1S/C38H75NO/c1-4-6-8-10-12-14-16-18-20-21-22-23-25-27-29-31-33-35-39(3)36-38-40-37-34-32-30-28-26-24-19-17-15-13-11-9-7-5-2/h14-17H,4-13,18-38H2,1-3H3/b16-14-,17-15-. The lowest BCUT2D eigenvalue weighted by Crippen LogP contribution is -2.24. The average molecular weight is 562 g/mol. The molecule has 0 aliphatic heterocycles. The highest BCUT2D eigenvalue weighted by molar-refractivity contribution is 4.82. The summed E-state index contributed by atoms with van der Waals surface area (Å²) in [5.41, 5.74) is 0. The lowest BCUT2D eigenvalue weighted by atomic mass is 10.1. The van der Waals surface area contributed by atoms with Crippen LogP contribution in [0.15, 0.2) is 24.3 Å². The van der Waals surface area contributed by atoms with Gasteiger partial charge in [-0.25, -0.2) is 0 Å². The van der Waals surface area contributed by atoms with Gasteiger partial charge in [0.2, 0.25) is 0 Å². The highest BCUT2D eigenvalue weighted by Crippen LogP contribution is 2.12. The van der Waals surface area contributed by atoms with Gasteiger partial charge >= 0.3 is 0 Å². The van der Waals surface area contributed by atoms with Gasteiger partial charge in [0.25, 0.3) is 0 Å². The van der Waals surface area contributed by atoms with Crippen molar-refractivity contribution < 1.29 is 4.74 Å². The Kier molecular flexibility index (Phi) is 35.9. The molecule has 0 bridgehead atoms. The molecule has 0 heterocycles. The largest absolute Gasteiger partial charge is 0.380 e. The fourth-order valence-electron chi connectivity index (χ4n) is 5.34. The van der Waals surface area contributed by atoms with E-state index in [1.807, 2.05) is 0 Å². The predicted octanol–water partition coefficient (Wildman–Crippen LogP) is 12.6. The predicted molar refractivity (Wildman–Crippen MR) is 183 cm³/mol. The van der Waals surface area contributed by atoms with Gasteiger partial charge in [-0.15, -0.1) is 0 Å². The van der Waals surface area contributed by atoms with Crippen molar-refractivity contribution >= 4 is 0 Å². The van der Waals surface area contributed by atoms with Gasteiger partial charge in [-0.3, -0.25) is 0 Å². The first-order valence-electron chi connectivity index (χ1n) is 18.4. The number of allylic oxidation sites excluding steroid dienone is 4. The third-order valence-corrected chi connectivity index (χ3v) is 8.22. The number of hydrogen-bond donors (Lipinski definition) is 0. The molecule has 0 atom stereocenters. The molecule has 0 aromatic rings. The van der Waals surface area contributed by atoms with Gasteiger partial charge in [0, 0.05) is 13.2 Å². The summed E-state index contributed by atoms with van der Waals surface area (Å²) in [5, 5.41) is 0. The van der Waals surface area contributed by atoms with Crippen molar-refractivity contribution in [2.45, 2.75) is 187 Å². The Bertz CT molecular complexity index is 456. The lowest BCUT2D eigenvalue weighted by molar-refractivity contribution is 0.107. The fraction of sp³-hybridized carbons (Fsp3) is 0.895. The summed E-state index contributed by atoms with van der Waals surface area (Å²) in [6.45, 7) is 8.72. The molecule has 0 radical (unpaired) electrons. The average Bonchev–Trinajstić information content (AvgIpc) is 2.96. The maximum Gasteiger partial charge on any atom is 0.0593 e. The number of unbranched alkanes of at least 4 members (excludes halogenated alkanes) is 23. The van der Waals surface area contributed by atoms with E-state index in [-0.39, 0.29) is 0 Å². The van der Waals surface area contributed by atoms with E-state index in [0.717, 1.165) is 19.8 Å². The quantitative estimate of drug-likeness (QED) is 0.0572. The maximum atomic E-state index is 5.89. The van der Waals surface area contributed by atoms with Gasteiger partial charge in [-0.05, 0) is 77.8 Å². The zero-order chi connectivity index (χ0) is 29.0. The zero-order valence-electron chi connectivity index (χ0n) is 28.1.